The lowest BCUT2D eigenvalue weighted by Crippen LogP contribution is -2.22. The van der Waals surface area contributed by atoms with Crippen molar-refractivity contribution >= 4 is 11.0 Å². The van der Waals surface area contributed by atoms with Gasteiger partial charge in [0.05, 0.1) is 11.7 Å². The molecule has 136 valence electrons. The highest BCUT2D eigenvalue weighted by atomic mass is 15.3. The van der Waals surface area contributed by atoms with E-state index in [1.807, 2.05) is 24.9 Å². The first-order valence-corrected chi connectivity index (χ1v) is 9.25. The molecule has 0 aliphatic rings. The Bertz CT molecular complexity index is 1050. The van der Waals surface area contributed by atoms with Gasteiger partial charge >= 0.3 is 0 Å². The Morgan fingerprint density at radius 3 is 2.41 bits per heavy atom. The molecule has 0 radical (unpaired) electrons. The third-order valence-corrected chi connectivity index (χ3v) is 4.97. The van der Waals surface area contributed by atoms with E-state index < -0.39 is 0 Å². The van der Waals surface area contributed by atoms with Crippen molar-refractivity contribution < 1.29 is 0 Å². The first-order valence-electron chi connectivity index (χ1n) is 9.25. The van der Waals surface area contributed by atoms with Gasteiger partial charge in [-0.05, 0) is 36.6 Å². The molecule has 4 nitrogen and oxygen atoms in total. The second-order valence-corrected chi connectivity index (χ2v) is 7.06. The number of aromatic nitrogens is 3. The maximum atomic E-state index is 4.60. The van der Waals surface area contributed by atoms with E-state index in [-0.39, 0.29) is 6.04 Å². The number of rotatable bonds is 5. The van der Waals surface area contributed by atoms with Gasteiger partial charge in [-0.25, -0.2) is 4.98 Å². The van der Waals surface area contributed by atoms with Crippen LogP contribution >= 0.6 is 0 Å². The van der Waals surface area contributed by atoms with Crippen LogP contribution in [0.1, 0.15) is 34.0 Å². The summed E-state index contributed by atoms with van der Waals surface area (Å²) in [5.74, 6) is 0. The van der Waals surface area contributed by atoms with Crippen LogP contribution in [-0.4, -0.2) is 14.8 Å². The molecule has 0 amide bonds. The molecule has 4 rings (SSSR count). The number of nitrogens with zero attached hydrogens (tertiary/aromatic N) is 3. The minimum Gasteiger partial charge on any atom is -0.302 e. The van der Waals surface area contributed by atoms with Gasteiger partial charge < -0.3 is 5.32 Å². The zero-order valence-electron chi connectivity index (χ0n) is 16.0. The Morgan fingerprint density at radius 2 is 1.67 bits per heavy atom. The smallest absolute Gasteiger partial charge is 0.157 e. The summed E-state index contributed by atoms with van der Waals surface area (Å²) in [5, 5.41) is 9.29. The molecule has 2 heterocycles. The summed E-state index contributed by atoms with van der Waals surface area (Å²) in [7, 11) is 1.93. The predicted molar refractivity (Wildman–Crippen MR) is 110 cm³/mol. The average Bonchev–Trinajstić information content (AvgIpc) is 2.98. The molecule has 2 aromatic heterocycles. The third kappa shape index (κ3) is 3.62. The van der Waals surface area contributed by atoms with Gasteiger partial charge in [0.25, 0.3) is 0 Å². The molecule has 0 aliphatic heterocycles. The number of nitrogens with one attached hydrogen (secondary N) is 1. The van der Waals surface area contributed by atoms with Gasteiger partial charge in [-0.3, -0.25) is 4.68 Å². The first kappa shape index (κ1) is 17.4. The van der Waals surface area contributed by atoms with E-state index in [0.29, 0.717) is 0 Å². The fourth-order valence-corrected chi connectivity index (χ4v) is 3.50. The SMILES string of the molecule is Cc1ccc(C(NCc2cnc3c(c2)c(C)nn3C)c2ccccc2)cc1. The molecule has 2 aromatic carbocycles. The molecule has 0 saturated carbocycles. The Balaban J connectivity index is 1.62. The normalized spacial score (nSPS) is 12.4. The van der Waals surface area contributed by atoms with Crippen molar-refractivity contribution in [2.45, 2.75) is 26.4 Å². The highest BCUT2D eigenvalue weighted by Crippen LogP contribution is 2.23. The lowest BCUT2D eigenvalue weighted by atomic mass is 9.97. The average molecular weight is 356 g/mol. The molecular weight excluding hydrogens is 332 g/mol. The summed E-state index contributed by atoms with van der Waals surface area (Å²) >= 11 is 0. The summed E-state index contributed by atoms with van der Waals surface area (Å²) < 4.78 is 1.83. The van der Waals surface area contributed by atoms with Crippen molar-refractivity contribution in [2.24, 2.45) is 7.05 Å². The van der Waals surface area contributed by atoms with E-state index in [0.717, 1.165) is 28.8 Å². The van der Waals surface area contributed by atoms with Crippen LogP contribution in [0, 0.1) is 13.8 Å². The number of benzene rings is 2. The highest BCUT2D eigenvalue weighted by molar-refractivity contribution is 5.78. The zero-order chi connectivity index (χ0) is 18.8. The molecule has 27 heavy (non-hydrogen) atoms. The molecule has 0 saturated heterocycles. The minimum atomic E-state index is 0.137. The molecule has 4 aromatic rings. The summed E-state index contributed by atoms with van der Waals surface area (Å²) in [5.41, 5.74) is 6.89. The van der Waals surface area contributed by atoms with Crippen molar-refractivity contribution in [1.82, 2.24) is 20.1 Å². The molecule has 1 atom stereocenters. The van der Waals surface area contributed by atoms with E-state index in [2.05, 4.69) is 83.0 Å². The maximum Gasteiger partial charge on any atom is 0.157 e. The molecule has 1 N–H and O–H groups in total. The van der Waals surface area contributed by atoms with Crippen molar-refractivity contribution in [3.05, 3.63) is 94.8 Å². The van der Waals surface area contributed by atoms with Crippen molar-refractivity contribution in [2.75, 3.05) is 0 Å². The molecule has 0 fully saturated rings. The van der Waals surface area contributed by atoms with Crippen LogP contribution in [0.3, 0.4) is 0 Å². The van der Waals surface area contributed by atoms with Crippen LogP contribution in [-0.2, 0) is 13.6 Å². The van der Waals surface area contributed by atoms with Crippen molar-refractivity contribution in [1.29, 1.82) is 0 Å². The molecule has 0 bridgehead atoms. The topological polar surface area (TPSA) is 42.7 Å². The summed E-state index contributed by atoms with van der Waals surface area (Å²) in [6.07, 6.45) is 1.94. The predicted octanol–water partition coefficient (Wildman–Crippen LogP) is 4.46. The largest absolute Gasteiger partial charge is 0.302 e. The monoisotopic (exact) mass is 356 g/mol. The Kier molecular flexibility index (Phi) is 4.73. The molecule has 1 unspecified atom stereocenters. The highest BCUT2D eigenvalue weighted by Gasteiger charge is 2.14. The minimum absolute atomic E-state index is 0.137. The van der Waals surface area contributed by atoms with Crippen LogP contribution in [0.4, 0.5) is 0 Å². The quantitative estimate of drug-likeness (QED) is 0.574. The summed E-state index contributed by atoms with van der Waals surface area (Å²) in [6.45, 7) is 4.89. The summed E-state index contributed by atoms with van der Waals surface area (Å²) in [6, 6.07) is 21.6. The third-order valence-electron chi connectivity index (χ3n) is 4.97. The number of aryl methyl sites for hydroxylation is 3. The van der Waals surface area contributed by atoms with E-state index in [1.165, 1.54) is 16.7 Å². The zero-order valence-corrected chi connectivity index (χ0v) is 16.0. The van der Waals surface area contributed by atoms with Gasteiger partial charge in [0.2, 0.25) is 0 Å². The van der Waals surface area contributed by atoms with Crippen LogP contribution in [0.2, 0.25) is 0 Å². The van der Waals surface area contributed by atoms with Gasteiger partial charge in [0, 0.05) is 25.2 Å². The molecular formula is C23H24N4. The summed E-state index contributed by atoms with van der Waals surface area (Å²) in [4.78, 5) is 4.60. The van der Waals surface area contributed by atoms with Gasteiger partial charge in [-0.1, -0.05) is 60.2 Å². The lowest BCUT2D eigenvalue weighted by Gasteiger charge is -2.20. The number of pyridine rings is 1. The van der Waals surface area contributed by atoms with Crippen LogP contribution in [0.25, 0.3) is 11.0 Å². The van der Waals surface area contributed by atoms with E-state index in [9.17, 15) is 0 Å². The fourth-order valence-electron chi connectivity index (χ4n) is 3.50. The Morgan fingerprint density at radius 1 is 0.963 bits per heavy atom. The van der Waals surface area contributed by atoms with E-state index in [1.54, 1.807) is 0 Å². The number of hydrogen-bond donors (Lipinski definition) is 1. The van der Waals surface area contributed by atoms with Crippen LogP contribution in [0.5, 0.6) is 0 Å². The number of fused-ring (bicyclic) bond motifs is 1. The molecule has 0 aliphatic carbocycles. The van der Waals surface area contributed by atoms with E-state index in [4.69, 9.17) is 0 Å². The van der Waals surface area contributed by atoms with Crippen LogP contribution < -0.4 is 5.32 Å². The maximum absolute atomic E-state index is 4.60. The fraction of sp³-hybridized carbons (Fsp3) is 0.217. The second kappa shape index (κ2) is 7.33. The second-order valence-electron chi connectivity index (χ2n) is 7.06. The van der Waals surface area contributed by atoms with Gasteiger partial charge in [-0.15, -0.1) is 0 Å². The van der Waals surface area contributed by atoms with Gasteiger partial charge in [-0.2, -0.15) is 5.10 Å². The van der Waals surface area contributed by atoms with Crippen molar-refractivity contribution in [3.8, 4) is 0 Å². The Labute approximate surface area is 159 Å². The van der Waals surface area contributed by atoms with Gasteiger partial charge in [0.1, 0.15) is 0 Å². The molecule has 4 heteroatoms. The molecule has 0 spiro atoms. The number of hydrogen-bond acceptors (Lipinski definition) is 3. The van der Waals surface area contributed by atoms with Gasteiger partial charge in [0.15, 0.2) is 5.65 Å². The van der Waals surface area contributed by atoms with Crippen molar-refractivity contribution in [3.63, 3.8) is 0 Å². The van der Waals surface area contributed by atoms with Crippen LogP contribution in [0.15, 0.2) is 66.9 Å². The standard InChI is InChI=1S/C23H24N4/c1-16-9-11-20(12-10-16)22(19-7-5-4-6-8-19)24-14-18-13-21-17(2)26-27(3)23(21)25-15-18/h4-13,15,22,24H,14H2,1-3H3. The lowest BCUT2D eigenvalue weighted by molar-refractivity contribution is 0.604. The first-order chi connectivity index (χ1) is 13.1. The Hall–Kier alpha value is -2.98. The van der Waals surface area contributed by atoms with E-state index >= 15 is 0 Å².